The zero-order valence-corrected chi connectivity index (χ0v) is 19.1. The van der Waals surface area contributed by atoms with E-state index in [1.807, 2.05) is 24.3 Å². The van der Waals surface area contributed by atoms with Crippen molar-refractivity contribution in [1.29, 1.82) is 0 Å². The van der Waals surface area contributed by atoms with Crippen molar-refractivity contribution in [2.24, 2.45) is 0 Å². The molecule has 0 saturated heterocycles. The summed E-state index contributed by atoms with van der Waals surface area (Å²) < 4.78 is 0. The van der Waals surface area contributed by atoms with E-state index >= 15 is 0 Å². The summed E-state index contributed by atoms with van der Waals surface area (Å²) in [5.74, 6) is 0. The Bertz CT molecular complexity index is 979. The van der Waals surface area contributed by atoms with Gasteiger partial charge in [0.25, 0.3) is 0 Å². The highest BCUT2D eigenvalue weighted by Gasteiger charge is 2.13. The molecule has 4 N–H and O–H groups in total. The first-order valence-corrected chi connectivity index (χ1v) is 10.9. The molecule has 0 fully saturated rings. The van der Waals surface area contributed by atoms with Crippen LogP contribution in [0.5, 0.6) is 0 Å². The first kappa shape index (κ1) is 22.1. The highest BCUT2D eigenvalue weighted by atomic mass is 35.5. The third-order valence-electron chi connectivity index (χ3n) is 4.48. The summed E-state index contributed by atoms with van der Waals surface area (Å²) in [7, 11) is 0. The normalized spacial score (nSPS) is 12.1. The van der Waals surface area contributed by atoms with Crippen molar-refractivity contribution in [2.45, 2.75) is 29.7 Å². The second kappa shape index (κ2) is 9.50. The molecule has 0 spiro atoms. The first-order chi connectivity index (χ1) is 13.7. The second-order valence-electron chi connectivity index (χ2n) is 6.79. The van der Waals surface area contributed by atoms with Crippen LogP contribution in [-0.4, -0.2) is 11.7 Å². The molecule has 152 valence electrons. The molecule has 7 heteroatoms. The van der Waals surface area contributed by atoms with Crippen molar-refractivity contribution >= 4 is 57.9 Å². The molecule has 0 aliphatic carbocycles. The monoisotopic (exact) mass is 466 g/mol. The molecule has 0 heterocycles. The molecule has 0 radical (unpaired) electrons. The van der Waals surface area contributed by atoms with Crippen LogP contribution in [0.4, 0.5) is 11.4 Å². The average molecular weight is 468 g/mol. The Labute approximate surface area is 190 Å². The number of benzene rings is 3. The van der Waals surface area contributed by atoms with E-state index in [1.165, 1.54) is 4.90 Å². The fraction of sp³-hybridized carbons (Fsp3) is 0.182. The van der Waals surface area contributed by atoms with Gasteiger partial charge in [-0.05, 0) is 79.1 Å². The second-order valence-corrected chi connectivity index (χ2v) is 9.12. The fourth-order valence-corrected chi connectivity index (χ4v) is 4.54. The van der Waals surface area contributed by atoms with E-state index in [0.717, 1.165) is 26.7 Å². The Hall–Kier alpha value is -1.56. The van der Waals surface area contributed by atoms with Gasteiger partial charge in [-0.25, -0.2) is 0 Å². The van der Waals surface area contributed by atoms with Crippen molar-refractivity contribution in [3.8, 4) is 0 Å². The lowest BCUT2D eigenvalue weighted by atomic mass is 10.1. The van der Waals surface area contributed by atoms with E-state index in [1.54, 1.807) is 23.9 Å². The molecule has 1 atom stereocenters. The maximum atomic E-state index is 10.5. The minimum absolute atomic E-state index is 0.317. The van der Waals surface area contributed by atoms with E-state index in [-0.39, 0.29) is 0 Å². The van der Waals surface area contributed by atoms with Gasteiger partial charge in [-0.15, -0.1) is 0 Å². The number of nitrogens with one attached hydrogen (secondary N) is 1. The van der Waals surface area contributed by atoms with E-state index in [4.69, 9.17) is 40.5 Å². The van der Waals surface area contributed by atoms with Crippen molar-refractivity contribution < 1.29 is 5.11 Å². The Morgan fingerprint density at radius 2 is 1.52 bits per heavy atom. The predicted molar refractivity (Wildman–Crippen MR) is 126 cm³/mol. The van der Waals surface area contributed by atoms with Crippen LogP contribution in [0.1, 0.15) is 22.8 Å². The summed E-state index contributed by atoms with van der Waals surface area (Å²) in [5, 5.41) is 15.2. The number of rotatable bonds is 6. The summed E-state index contributed by atoms with van der Waals surface area (Å²) in [4.78, 5) is 2.34. The van der Waals surface area contributed by atoms with Crippen molar-refractivity contribution in [3.63, 3.8) is 0 Å². The molecule has 0 aliphatic heterocycles. The number of anilines is 2. The summed E-state index contributed by atoms with van der Waals surface area (Å²) >= 11 is 19.8. The molecule has 0 amide bonds. The Balaban J connectivity index is 1.71. The summed E-state index contributed by atoms with van der Waals surface area (Å²) in [5.41, 5.74) is 9.93. The van der Waals surface area contributed by atoms with Gasteiger partial charge in [0.05, 0.1) is 21.8 Å². The Morgan fingerprint density at radius 3 is 2.07 bits per heavy atom. The quantitative estimate of drug-likeness (QED) is 0.337. The zero-order chi connectivity index (χ0) is 21.1. The molecule has 0 bridgehead atoms. The highest BCUT2D eigenvalue weighted by Crippen LogP contribution is 2.36. The lowest BCUT2D eigenvalue weighted by molar-refractivity contribution is 0.191. The van der Waals surface area contributed by atoms with Gasteiger partial charge in [-0.2, -0.15) is 0 Å². The number of nitrogens with two attached hydrogens (primary N) is 1. The maximum Gasteiger partial charge on any atom is 0.0963 e. The molecule has 3 aromatic rings. The molecular formula is C22H21Cl3N2OS. The number of aliphatic hydroxyl groups excluding tert-OH is 1. The summed E-state index contributed by atoms with van der Waals surface area (Å²) in [6.45, 7) is 4.47. The average Bonchev–Trinajstić information content (AvgIpc) is 2.68. The maximum absolute atomic E-state index is 10.5. The lowest BCUT2D eigenvalue weighted by Crippen LogP contribution is -2.12. The van der Waals surface area contributed by atoms with Crippen LogP contribution in [0.3, 0.4) is 0 Å². The molecule has 3 rings (SSSR count). The van der Waals surface area contributed by atoms with Gasteiger partial charge in [0.2, 0.25) is 0 Å². The van der Waals surface area contributed by atoms with E-state index in [2.05, 4.69) is 31.3 Å². The third-order valence-corrected chi connectivity index (χ3v) is 6.71. The number of hydrogen-bond donors (Lipinski definition) is 3. The third kappa shape index (κ3) is 5.53. The minimum Gasteiger partial charge on any atom is -0.396 e. The largest absolute Gasteiger partial charge is 0.396 e. The molecule has 29 heavy (non-hydrogen) atoms. The van der Waals surface area contributed by atoms with Crippen LogP contribution in [-0.2, 0) is 0 Å². The minimum atomic E-state index is -0.769. The summed E-state index contributed by atoms with van der Waals surface area (Å²) in [6.07, 6.45) is -0.769. The fourth-order valence-electron chi connectivity index (χ4n) is 2.96. The topological polar surface area (TPSA) is 58.3 Å². The molecule has 3 nitrogen and oxygen atoms in total. The highest BCUT2D eigenvalue weighted by molar-refractivity contribution is 7.99. The van der Waals surface area contributed by atoms with Gasteiger partial charge in [-0.1, -0.05) is 46.6 Å². The van der Waals surface area contributed by atoms with Crippen LogP contribution in [0, 0.1) is 13.8 Å². The van der Waals surface area contributed by atoms with Crippen LogP contribution >= 0.6 is 46.6 Å². The van der Waals surface area contributed by atoms with E-state index in [0.29, 0.717) is 27.8 Å². The van der Waals surface area contributed by atoms with Gasteiger partial charge in [0.1, 0.15) is 0 Å². The van der Waals surface area contributed by atoms with E-state index in [9.17, 15) is 5.11 Å². The van der Waals surface area contributed by atoms with Crippen molar-refractivity contribution in [1.82, 2.24) is 0 Å². The van der Waals surface area contributed by atoms with Gasteiger partial charge in [-0.3, -0.25) is 0 Å². The Morgan fingerprint density at radius 1 is 0.966 bits per heavy atom. The zero-order valence-electron chi connectivity index (χ0n) is 16.0. The number of halogens is 3. The number of nitrogen functional groups attached to an aromatic ring is 1. The molecular weight excluding hydrogens is 447 g/mol. The SMILES string of the molecule is Cc1cc(NCC(O)c2cc(Cl)c(N)c(Cl)c2)cc(C)c1Sc1ccc(Cl)cc1. The molecule has 3 aromatic carbocycles. The van der Waals surface area contributed by atoms with Crippen LogP contribution in [0.2, 0.25) is 15.1 Å². The molecule has 0 aliphatic rings. The van der Waals surface area contributed by atoms with Gasteiger partial charge in [0, 0.05) is 27.0 Å². The standard InChI is InChI=1S/C22H21Cl3N2OS/c1-12-7-16(8-13(2)22(12)29-17-5-3-15(23)4-6-17)27-11-20(28)14-9-18(24)21(26)19(25)10-14/h3-10,20,27-28H,11,26H2,1-2H3. The van der Waals surface area contributed by atoms with Gasteiger partial charge in [0.15, 0.2) is 0 Å². The van der Waals surface area contributed by atoms with Crippen LogP contribution < -0.4 is 11.1 Å². The van der Waals surface area contributed by atoms with Crippen molar-refractivity contribution in [2.75, 3.05) is 17.6 Å². The first-order valence-electron chi connectivity index (χ1n) is 8.95. The number of aliphatic hydroxyl groups is 1. The van der Waals surface area contributed by atoms with Crippen LogP contribution in [0.15, 0.2) is 58.3 Å². The molecule has 0 aromatic heterocycles. The number of aryl methyl sites for hydroxylation is 2. The lowest BCUT2D eigenvalue weighted by Gasteiger charge is -2.17. The van der Waals surface area contributed by atoms with Crippen molar-refractivity contribution in [3.05, 3.63) is 80.3 Å². The molecule has 1 unspecified atom stereocenters. The molecule has 0 saturated carbocycles. The number of hydrogen-bond acceptors (Lipinski definition) is 4. The van der Waals surface area contributed by atoms with E-state index < -0.39 is 6.10 Å². The van der Waals surface area contributed by atoms with Crippen LogP contribution in [0.25, 0.3) is 0 Å². The predicted octanol–water partition coefficient (Wildman–Crippen LogP) is 7.14. The smallest absolute Gasteiger partial charge is 0.0963 e. The summed E-state index contributed by atoms with van der Waals surface area (Å²) in [6, 6.07) is 15.2. The Kier molecular flexibility index (Phi) is 7.25. The van der Waals surface area contributed by atoms with Gasteiger partial charge >= 0.3 is 0 Å². The van der Waals surface area contributed by atoms with Gasteiger partial charge < -0.3 is 16.2 Å².